The Hall–Kier alpha value is -5.00. The van der Waals surface area contributed by atoms with Crippen LogP contribution in [0.1, 0.15) is 31.8 Å². The topological polar surface area (TPSA) is 132 Å². The molecule has 1 fully saturated rings. The van der Waals surface area contributed by atoms with E-state index in [1.807, 2.05) is 12.1 Å². The van der Waals surface area contributed by atoms with Crippen LogP contribution in [0.25, 0.3) is 11.3 Å². The first kappa shape index (κ1) is 29.5. The second-order valence-corrected chi connectivity index (χ2v) is 10.5. The quantitative estimate of drug-likeness (QED) is 0.270. The van der Waals surface area contributed by atoms with Crippen molar-refractivity contribution in [1.82, 2.24) is 9.80 Å². The standard InChI is InChI=1S/C32H33N5O6/c1-35-14-16-37(17-15-35)19-27(38)36(2)24-11-9-23(10-12-24)33-29(20-4-6-21(7-5-20)32(42)43-3)28-25-18-22(31(40)41)8-13-26(25)34-30(28)39/h4-13,18,33H,14-17,19H2,1-3H3,(H,34,39)(H,40,41). The van der Waals surface area contributed by atoms with Crippen molar-refractivity contribution in [3.05, 3.63) is 89.0 Å². The lowest BCUT2D eigenvalue weighted by molar-refractivity contribution is -0.119. The number of rotatable bonds is 8. The Balaban J connectivity index is 1.45. The van der Waals surface area contributed by atoms with Crippen LogP contribution in [0.3, 0.4) is 0 Å². The number of benzene rings is 3. The van der Waals surface area contributed by atoms with E-state index in [-0.39, 0.29) is 17.0 Å². The molecule has 11 nitrogen and oxygen atoms in total. The Morgan fingerprint density at radius 3 is 2.19 bits per heavy atom. The van der Waals surface area contributed by atoms with E-state index in [2.05, 4.69) is 27.5 Å². The SMILES string of the molecule is COC(=O)c1ccc(C(Nc2ccc(N(C)C(=O)CN3CCN(C)CC3)cc2)=C2C(=O)Nc3ccc(C(=O)O)cc32)cc1. The summed E-state index contributed by atoms with van der Waals surface area (Å²) in [5.41, 5.74) is 3.94. The zero-order chi connectivity index (χ0) is 30.7. The highest BCUT2D eigenvalue weighted by molar-refractivity contribution is 6.37. The molecule has 43 heavy (non-hydrogen) atoms. The number of carboxylic acid groups (broad SMARTS) is 1. The summed E-state index contributed by atoms with van der Waals surface area (Å²) in [5, 5.41) is 15.7. The fraction of sp³-hybridized carbons (Fsp3) is 0.250. The fourth-order valence-corrected chi connectivity index (χ4v) is 5.08. The van der Waals surface area contributed by atoms with Crippen LogP contribution in [-0.2, 0) is 14.3 Å². The zero-order valence-electron chi connectivity index (χ0n) is 24.2. The third kappa shape index (κ3) is 6.42. The van der Waals surface area contributed by atoms with Crippen LogP contribution >= 0.6 is 0 Å². The van der Waals surface area contributed by atoms with Gasteiger partial charge in [0.05, 0.1) is 36.1 Å². The van der Waals surface area contributed by atoms with Gasteiger partial charge in [-0.2, -0.15) is 0 Å². The van der Waals surface area contributed by atoms with Crippen molar-refractivity contribution in [2.75, 3.05) is 69.5 Å². The smallest absolute Gasteiger partial charge is 0.337 e. The largest absolute Gasteiger partial charge is 0.478 e. The number of esters is 1. The van der Waals surface area contributed by atoms with E-state index in [9.17, 15) is 24.3 Å². The summed E-state index contributed by atoms with van der Waals surface area (Å²) < 4.78 is 4.81. The van der Waals surface area contributed by atoms with Crippen LogP contribution in [0.15, 0.2) is 66.7 Å². The van der Waals surface area contributed by atoms with Crippen molar-refractivity contribution in [1.29, 1.82) is 0 Å². The lowest BCUT2D eigenvalue weighted by Gasteiger charge is -2.32. The molecule has 11 heteroatoms. The molecule has 3 aromatic rings. The number of nitrogens with zero attached hydrogens (tertiary/aromatic N) is 3. The molecule has 2 heterocycles. The van der Waals surface area contributed by atoms with Crippen molar-refractivity contribution < 1.29 is 29.0 Å². The monoisotopic (exact) mass is 583 g/mol. The van der Waals surface area contributed by atoms with Gasteiger partial charge < -0.3 is 30.3 Å². The number of amides is 2. The molecule has 2 aliphatic rings. The maximum Gasteiger partial charge on any atom is 0.337 e. The van der Waals surface area contributed by atoms with E-state index in [1.54, 1.807) is 54.4 Å². The molecule has 0 spiro atoms. The summed E-state index contributed by atoms with van der Waals surface area (Å²) in [6.45, 7) is 3.90. The number of aromatic carboxylic acids is 1. The second kappa shape index (κ2) is 12.5. The highest BCUT2D eigenvalue weighted by Crippen LogP contribution is 2.38. The molecule has 0 radical (unpaired) electrons. The first-order valence-corrected chi connectivity index (χ1v) is 13.8. The Morgan fingerprint density at radius 1 is 0.930 bits per heavy atom. The van der Waals surface area contributed by atoms with Crippen molar-refractivity contribution in [2.45, 2.75) is 0 Å². The van der Waals surface area contributed by atoms with Crippen LogP contribution in [-0.4, -0.2) is 92.6 Å². The number of carbonyl (C=O) groups is 4. The van der Waals surface area contributed by atoms with Crippen LogP contribution in [0.5, 0.6) is 0 Å². The molecule has 1 saturated heterocycles. The Morgan fingerprint density at radius 2 is 1.56 bits per heavy atom. The summed E-state index contributed by atoms with van der Waals surface area (Å²) in [5.74, 6) is -2.01. The van der Waals surface area contributed by atoms with E-state index in [1.165, 1.54) is 19.2 Å². The van der Waals surface area contributed by atoms with Gasteiger partial charge in [-0.15, -0.1) is 0 Å². The third-order valence-electron chi connectivity index (χ3n) is 7.71. The molecule has 2 aliphatic heterocycles. The molecular formula is C32H33N5O6. The van der Waals surface area contributed by atoms with Gasteiger partial charge in [-0.25, -0.2) is 9.59 Å². The minimum atomic E-state index is -1.11. The average Bonchev–Trinajstić information content (AvgIpc) is 3.35. The van der Waals surface area contributed by atoms with E-state index in [4.69, 9.17) is 4.74 Å². The number of hydrogen-bond donors (Lipinski definition) is 3. The van der Waals surface area contributed by atoms with Crippen LogP contribution in [0, 0.1) is 0 Å². The number of anilines is 3. The fourth-order valence-electron chi connectivity index (χ4n) is 5.08. The van der Waals surface area contributed by atoms with E-state index < -0.39 is 17.8 Å². The molecule has 3 N–H and O–H groups in total. The molecule has 222 valence electrons. The number of methoxy groups -OCH3 is 1. The van der Waals surface area contributed by atoms with Crippen molar-refractivity contribution >= 4 is 52.1 Å². The molecule has 0 unspecified atom stereocenters. The highest BCUT2D eigenvalue weighted by Gasteiger charge is 2.30. The number of fused-ring (bicyclic) bond motifs is 1. The molecule has 0 aliphatic carbocycles. The van der Waals surface area contributed by atoms with Crippen molar-refractivity contribution in [3.63, 3.8) is 0 Å². The molecule has 5 rings (SSSR count). The first-order chi connectivity index (χ1) is 20.6. The van der Waals surface area contributed by atoms with Gasteiger partial charge in [-0.1, -0.05) is 12.1 Å². The lowest BCUT2D eigenvalue weighted by atomic mass is 9.97. The average molecular weight is 584 g/mol. The lowest BCUT2D eigenvalue weighted by Crippen LogP contribution is -2.48. The Kier molecular flexibility index (Phi) is 8.56. The molecule has 2 amide bonds. The number of nitrogens with one attached hydrogen (secondary N) is 2. The molecule has 0 saturated carbocycles. The Bertz CT molecular complexity index is 1590. The van der Waals surface area contributed by atoms with Gasteiger partial charge in [0, 0.05) is 55.9 Å². The highest BCUT2D eigenvalue weighted by atomic mass is 16.5. The van der Waals surface area contributed by atoms with Gasteiger partial charge >= 0.3 is 11.9 Å². The number of likely N-dealkylation sites (N-methyl/N-ethyl adjacent to an activating group) is 2. The van der Waals surface area contributed by atoms with Gasteiger partial charge in [0.25, 0.3) is 5.91 Å². The minimum absolute atomic E-state index is 0.00719. The van der Waals surface area contributed by atoms with Crippen LogP contribution in [0.2, 0.25) is 0 Å². The maximum absolute atomic E-state index is 13.3. The van der Waals surface area contributed by atoms with Crippen molar-refractivity contribution in [3.8, 4) is 0 Å². The Labute approximate surface area is 249 Å². The number of carboxylic acids is 1. The van der Waals surface area contributed by atoms with E-state index in [0.29, 0.717) is 40.3 Å². The molecular weight excluding hydrogens is 550 g/mol. The van der Waals surface area contributed by atoms with Gasteiger partial charge in [0.1, 0.15) is 0 Å². The van der Waals surface area contributed by atoms with Gasteiger partial charge in [-0.05, 0) is 67.2 Å². The number of hydrogen-bond acceptors (Lipinski definition) is 8. The predicted molar refractivity (Wildman–Crippen MR) is 164 cm³/mol. The number of ether oxygens (including phenoxy) is 1. The van der Waals surface area contributed by atoms with Gasteiger partial charge in [-0.3, -0.25) is 14.5 Å². The molecule has 0 aromatic heterocycles. The molecule has 0 atom stereocenters. The minimum Gasteiger partial charge on any atom is -0.478 e. The normalized spacial score (nSPS) is 16.2. The first-order valence-electron chi connectivity index (χ1n) is 13.8. The maximum atomic E-state index is 13.3. The van der Waals surface area contributed by atoms with Crippen molar-refractivity contribution in [2.24, 2.45) is 0 Å². The second-order valence-electron chi connectivity index (χ2n) is 10.5. The van der Waals surface area contributed by atoms with Crippen LogP contribution < -0.4 is 15.5 Å². The summed E-state index contributed by atoms with van der Waals surface area (Å²) in [7, 11) is 5.12. The van der Waals surface area contributed by atoms with E-state index in [0.717, 1.165) is 31.9 Å². The summed E-state index contributed by atoms with van der Waals surface area (Å²) in [6.07, 6.45) is 0. The number of piperazine rings is 1. The van der Waals surface area contributed by atoms with Crippen LogP contribution in [0.4, 0.5) is 17.1 Å². The molecule has 0 bridgehead atoms. The predicted octanol–water partition coefficient (Wildman–Crippen LogP) is 3.31. The number of carbonyl (C=O) groups excluding carboxylic acids is 3. The third-order valence-corrected chi connectivity index (χ3v) is 7.71. The van der Waals surface area contributed by atoms with E-state index >= 15 is 0 Å². The zero-order valence-corrected chi connectivity index (χ0v) is 24.2. The molecule has 3 aromatic carbocycles. The summed E-state index contributed by atoms with van der Waals surface area (Å²) in [6, 6.07) is 18.3. The summed E-state index contributed by atoms with van der Waals surface area (Å²) in [4.78, 5) is 56.0. The van der Waals surface area contributed by atoms with Gasteiger partial charge in [0.2, 0.25) is 5.91 Å². The summed E-state index contributed by atoms with van der Waals surface area (Å²) >= 11 is 0. The van der Waals surface area contributed by atoms with Gasteiger partial charge in [0.15, 0.2) is 0 Å².